The summed E-state index contributed by atoms with van der Waals surface area (Å²) < 4.78 is 1.92. The van der Waals surface area contributed by atoms with Gasteiger partial charge in [0.25, 0.3) is 0 Å². The fourth-order valence-electron chi connectivity index (χ4n) is 1.46. The van der Waals surface area contributed by atoms with Crippen LogP contribution in [0.3, 0.4) is 0 Å². The Bertz CT molecular complexity index is 516. The molecule has 2 aromatic rings. The fourth-order valence-corrected chi connectivity index (χ4v) is 2.86. The Labute approximate surface area is 93.3 Å². The van der Waals surface area contributed by atoms with Crippen LogP contribution in [0.1, 0.15) is 15.2 Å². The van der Waals surface area contributed by atoms with Crippen molar-refractivity contribution in [3.63, 3.8) is 0 Å². The first-order valence-corrected chi connectivity index (χ1v) is 5.62. The molecular weight excluding hydrogens is 264 g/mol. The van der Waals surface area contributed by atoms with Crippen LogP contribution >= 0.6 is 27.3 Å². The minimum Gasteiger partial charge on any atom is -0.478 e. The van der Waals surface area contributed by atoms with Crippen LogP contribution in [-0.2, 0) is 0 Å². The number of benzene rings is 1. The summed E-state index contributed by atoms with van der Waals surface area (Å²) in [6, 6.07) is 5.70. The second kappa shape index (κ2) is 3.37. The molecule has 0 aliphatic heterocycles. The van der Waals surface area contributed by atoms with Gasteiger partial charge >= 0.3 is 5.97 Å². The number of hydrogen-bond acceptors (Lipinski definition) is 2. The number of hydrogen-bond donors (Lipinski definition) is 1. The van der Waals surface area contributed by atoms with Gasteiger partial charge in [0.2, 0.25) is 0 Å². The van der Waals surface area contributed by atoms with Crippen molar-refractivity contribution in [2.24, 2.45) is 0 Å². The standard InChI is InChI=1S/C10H7BrO2S/c1-5-9(10(12)13)7-4-6(11)2-3-8(7)14-5/h2-4H,1H3,(H,12,13). The summed E-state index contributed by atoms with van der Waals surface area (Å²) in [5.41, 5.74) is 0.423. The van der Waals surface area contributed by atoms with E-state index in [0.717, 1.165) is 19.4 Å². The lowest BCUT2D eigenvalue weighted by molar-refractivity contribution is 0.0699. The summed E-state index contributed by atoms with van der Waals surface area (Å²) in [4.78, 5) is 11.9. The zero-order valence-electron chi connectivity index (χ0n) is 7.37. The highest BCUT2D eigenvalue weighted by Gasteiger charge is 2.14. The molecule has 0 radical (unpaired) electrons. The van der Waals surface area contributed by atoms with Crippen molar-refractivity contribution in [1.29, 1.82) is 0 Å². The van der Waals surface area contributed by atoms with Crippen molar-refractivity contribution in [3.05, 3.63) is 33.1 Å². The highest BCUT2D eigenvalue weighted by Crippen LogP contribution is 2.32. The molecule has 0 fully saturated rings. The fraction of sp³-hybridized carbons (Fsp3) is 0.100. The Morgan fingerprint density at radius 3 is 2.86 bits per heavy atom. The molecule has 0 amide bonds. The second-order valence-electron chi connectivity index (χ2n) is 2.98. The van der Waals surface area contributed by atoms with Gasteiger partial charge in [-0.05, 0) is 25.1 Å². The van der Waals surface area contributed by atoms with Gasteiger partial charge in [-0.3, -0.25) is 0 Å². The predicted octanol–water partition coefficient (Wildman–Crippen LogP) is 3.67. The van der Waals surface area contributed by atoms with E-state index in [1.165, 1.54) is 11.3 Å². The van der Waals surface area contributed by atoms with Crippen LogP contribution in [-0.4, -0.2) is 11.1 Å². The molecule has 2 rings (SSSR count). The molecule has 0 aliphatic rings. The number of halogens is 1. The average molecular weight is 271 g/mol. The molecule has 2 nitrogen and oxygen atoms in total. The minimum atomic E-state index is -0.855. The minimum absolute atomic E-state index is 0.423. The van der Waals surface area contributed by atoms with Crippen LogP contribution in [0.15, 0.2) is 22.7 Å². The topological polar surface area (TPSA) is 37.3 Å². The van der Waals surface area contributed by atoms with Gasteiger partial charge in [0.05, 0.1) is 5.56 Å². The number of carboxylic acids is 1. The van der Waals surface area contributed by atoms with Crippen LogP contribution in [0.25, 0.3) is 10.1 Å². The molecule has 0 saturated heterocycles. The van der Waals surface area contributed by atoms with Crippen molar-refractivity contribution in [1.82, 2.24) is 0 Å². The van der Waals surface area contributed by atoms with Gasteiger partial charge < -0.3 is 5.11 Å². The monoisotopic (exact) mass is 270 g/mol. The van der Waals surface area contributed by atoms with Gasteiger partial charge in [0, 0.05) is 19.4 Å². The third kappa shape index (κ3) is 1.44. The highest BCUT2D eigenvalue weighted by atomic mass is 79.9. The summed E-state index contributed by atoms with van der Waals surface area (Å²) in [6.07, 6.45) is 0. The molecule has 0 aliphatic carbocycles. The van der Waals surface area contributed by atoms with E-state index in [4.69, 9.17) is 5.11 Å². The number of aryl methyl sites for hydroxylation is 1. The molecule has 0 atom stereocenters. The lowest BCUT2D eigenvalue weighted by Gasteiger charge is -1.94. The maximum absolute atomic E-state index is 11.0. The van der Waals surface area contributed by atoms with Gasteiger partial charge in [-0.1, -0.05) is 15.9 Å². The normalized spacial score (nSPS) is 10.7. The predicted molar refractivity (Wildman–Crippen MR) is 61.2 cm³/mol. The quantitative estimate of drug-likeness (QED) is 0.859. The molecule has 14 heavy (non-hydrogen) atoms. The van der Waals surface area contributed by atoms with E-state index in [-0.39, 0.29) is 0 Å². The molecule has 0 bridgehead atoms. The van der Waals surface area contributed by atoms with Gasteiger partial charge in [0.15, 0.2) is 0 Å². The Morgan fingerprint density at radius 1 is 1.50 bits per heavy atom. The molecule has 1 aromatic carbocycles. The summed E-state index contributed by atoms with van der Waals surface area (Å²) in [5, 5.41) is 9.85. The van der Waals surface area contributed by atoms with E-state index in [1.54, 1.807) is 0 Å². The molecule has 1 heterocycles. The summed E-state index contributed by atoms with van der Waals surface area (Å²) >= 11 is 4.85. The van der Waals surface area contributed by atoms with Crippen molar-refractivity contribution in [3.8, 4) is 0 Å². The van der Waals surface area contributed by atoms with Crippen molar-refractivity contribution in [2.45, 2.75) is 6.92 Å². The Kier molecular flexibility index (Phi) is 2.33. The van der Waals surface area contributed by atoms with Crippen LogP contribution in [0, 0.1) is 6.92 Å². The molecule has 0 saturated carbocycles. The Hall–Kier alpha value is -0.870. The van der Waals surface area contributed by atoms with Crippen molar-refractivity contribution in [2.75, 3.05) is 0 Å². The van der Waals surface area contributed by atoms with Gasteiger partial charge in [-0.15, -0.1) is 11.3 Å². The number of carboxylic acid groups (broad SMARTS) is 1. The molecule has 0 unspecified atom stereocenters. The third-order valence-corrected chi connectivity index (χ3v) is 3.62. The molecule has 1 N–H and O–H groups in total. The smallest absolute Gasteiger partial charge is 0.337 e. The van der Waals surface area contributed by atoms with Crippen LogP contribution in [0.5, 0.6) is 0 Å². The molecule has 4 heteroatoms. The van der Waals surface area contributed by atoms with Crippen LogP contribution in [0.2, 0.25) is 0 Å². The third-order valence-electron chi connectivity index (χ3n) is 2.04. The first kappa shape index (κ1) is 9.68. The Morgan fingerprint density at radius 2 is 2.21 bits per heavy atom. The number of rotatable bonds is 1. The summed E-state index contributed by atoms with van der Waals surface area (Å²) in [5.74, 6) is -0.855. The lowest BCUT2D eigenvalue weighted by Crippen LogP contribution is -1.96. The number of carbonyl (C=O) groups is 1. The van der Waals surface area contributed by atoms with E-state index in [1.807, 2.05) is 25.1 Å². The molecular formula is C10H7BrO2S. The van der Waals surface area contributed by atoms with E-state index in [9.17, 15) is 4.79 Å². The largest absolute Gasteiger partial charge is 0.478 e. The average Bonchev–Trinajstić information content (AvgIpc) is 2.40. The first-order valence-electron chi connectivity index (χ1n) is 4.01. The number of fused-ring (bicyclic) bond motifs is 1. The van der Waals surface area contributed by atoms with Gasteiger partial charge in [-0.2, -0.15) is 0 Å². The molecule has 1 aromatic heterocycles. The van der Waals surface area contributed by atoms with E-state index in [2.05, 4.69) is 15.9 Å². The lowest BCUT2D eigenvalue weighted by atomic mass is 10.1. The Balaban J connectivity index is 2.86. The van der Waals surface area contributed by atoms with E-state index >= 15 is 0 Å². The summed E-state index contributed by atoms with van der Waals surface area (Å²) in [6.45, 7) is 1.84. The SMILES string of the molecule is Cc1sc2ccc(Br)cc2c1C(=O)O. The van der Waals surface area contributed by atoms with Gasteiger partial charge in [0.1, 0.15) is 0 Å². The number of thiophene rings is 1. The summed E-state index contributed by atoms with van der Waals surface area (Å²) in [7, 11) is 0. The van der Waals surface area contributed by atoms with Crippen LogP contribution < -0.4 is 0 Å². The van der Waals surface area contributed by atoms with E-state index < -0.39 is 5.97 Å². The number of aromatic carboxylic acids is 1. The van der Waals surface area contributed by atoms with Crippen molar-refractivity contribution >= 4 is 43.3 Å². The van der Waals surface area contributed by atoms with E-state index in [0.29, 0.717) is 5.56 Å². The second-order valence-corrected chi connectivity index (χ2v) is 5.15. The van der Waals surface area contributed by atoms with Crippen molar-refractivity contribution < 1.29 is 9.90 Å². The highest BCUT2D eigenvalue weighted by molar-refractivity contribution is 9.10. The first-order chi connectivity index (χ1) is 6.59. The zero-order valence-corrected chi connectivity index (χ0v) is 9.78. The molecule has 0 spiro atoms. The maximum Gasteiger partial charge on any atom is 0.337 e. The maximum atomic E-state index is 11.0. The molecule has 72 valence electrons. The zero-order chi connectivity index (χ0) is 10.3. The van der Waals surface area contributed by atoms with Crippen LogP contribution in [0.4, 0.5) is 0 Å². The van der Waals surface area contributed by atoms with Gasteiger partial charge in [-0.25, -0.2) is 4.79 Å².